The predicted octanol–water partition coefficient (Wildman–Crippen LogP) is 2.83. The summed E-state index contributed by atoms with van der Waals surface area (Å²) in [6.45, 7) is 4.37. The Balaban J connectivity index is 1.28. The van der Waals surface area contributed by atoms with Crippen LogP contribution < -0.4 is 20.1 Å². The van der Waals surface area contributed by atoms with Gasteiger partial charge in [-0.25, -0.2) is 4.98 Å². The van der Waals surface area contributed by atoms with E-state index in [4.69, 9.17) is 9.47 Å². The Hall–Kier alpha value is -3.55. The van der Waals surface area contributed by atoms with Crippen molar-refractivity contribution < 1.29 is 19.1 Å². The lowest BCUT2D eigenvalue weighted by atomic mass is 10.2. The highest BCUT2D eigenvalue weighted by Crippen LogP contribution is 2.34. The number of nitrogens with one attached hydrogen (secondary N) is 2. The zero-order valence-electron chi connectivity index (χ0n) is 16.3. The molecule has 0 spiro atoms. The number of hydrogen-bond donors (Lipinski definition) is 2. The fourth-order valence-corrected chi connectivity index (χ4v) is 3.32. The number of ether oxygens (including phenoxy) is 2. The number of aromatic nitrogens is 2. The van der Waals surface area contributed by atoms with Gasteiger partial charge in [-0.1, -0.05) is 6.07 Å². The Morgan fingerprint density at radius 3 is 2.86 bits per heavy atom. The molecule has 3 aromatic rings. The van der Waals surface area contributed by atoms with E-state index in [-0.39, 0.29) is 18.6 Å². The molecular weight excluding hydrogens is 372 g/mol. The molecule has 0 aliphatic carbocycles. The van der Waals surface area contributed by atoms with Gasteiger partial charge < -0.3 is 20.1 Å². The fraction of sp³-hybridized carbons (Fsp3) is 0.286. The predicted molar refractivity (Wildman–Crippen MR) is 107 cm³/mol. The molecule has 8 nitrogen and oxygen atoms in total. The molecular formula is C21H22N4O4. The summed E-state index contributed by atoms with van der Waals surface area (Å²) in [6.07, 6.45) is 2.65. The van der Waals surface area contributed by atoms with Crippen LogP contribution in [0.25, 0.3) is 5.65 Å². The molecule has 0 fully saturated rings. The molecule has 2 aromatic heterocycles. The zero-order chi connectivity index (χ0) is 20.4. The van der Waals surface area contributed by atoms with Crippen LogP contribution in [-0.2, 0) is 4.79 Å². The van der Waals surface area contributed by atoms with E-state index in [1.54, 1.807) is 22.6 Å². The van der Waals surface area contributed by atoms with Crippen LogP contribution in [0, 0.1) is 13.8 Å². The third-order valence-electron chi connectivity index (χ3n) is 4.76. The first kappa shape index (κ1) is 18.8. The van der Waals surface area contributed by atoms with Gasteiger partial charge in [0.05, 0.1) is 5.69 Å². The second kappa shape index (κ2) is 7.83. The Kier molecular flexibility index (Phi) is 5.07. The van der Waals surface area contributed by atoms with Gasteiger partial charge in [0.2, 0.25) is 12.7 Å². The lowest BCUT2D eigenvalue weighted by Gasteiger charge is -2.08. The van der Waals surface area contributed by atoms with Gasteiger partial charge in [-0.15, -0.1) is 0 Å². The van der Waals surface area contributed by atoms with Crippen molar-refractivity contribution in [1.29, 1.82) is 0 Å². The van der Waals surface area contributed by atoms with Crippen molar-refractivity contribution in [3.05, 3.63) is 53.5 Å². The summed E-state index contributed by atoms with van der Waals surface area (Å²) >= 11 is 0. The molecule has 0 saturated carbocycles. The standard InChI is InChI=1S/C21H22N4O4/c1-13-5-4-10-25-19(14(2)23-20(13)25)21(27)22-9-3-6-18(26)24-15-7-8-16-17(11-15)29-12-28-16/h4-5,7-8,10-11H,3,6,9,12H2,1-2H3,(H,22,27)(H,24,26). The van der Waals surface area contributed by atoms with Gasteiger partial charge in [0.15, 0.2) is 11.5 Å². The molecule has 0 bridgehead atoms. The molecule has 1 aliphatic rings. The van der Waals surface area contributed by atoms with Crippen molar-refractivity contribution in [2.75, 3.05) is 18.7 Å². The normalized spacial score (nSPS) is 12.2. The highest BCUT2D eigenvalue weighted by molar-refractivity contribution is 5.95. The minimum Gasteiger partial charge on any atom is -0.454 e. The second-order valence-corrected chi connectivity index (χ2v) is 6.91. The first-order valence-corrected chi connectivity index (χ1v) is 9.45. The fourth-order valence-electron chi connectivity index (χ4n) is 3.32. The second-order valence-electron chi connectivity index (χ2n) is 6.91. The van der Waals surface area contributed by atoms with Crippen molar-refractivity contribution in [3.8, 4) is 11.5 Å². The van der Waals surface area contributed by atoms with Gasteiger partial charge in [0, 0.05) is 30.9 Å². The van der Waals surface area contributed by atoms with Crippen LogP contribution in [0.2, 0.25) is 0 Å². The summed E-state index contributed by atoms with van der Waals surface area (Å²) < 4.78 is 12.3. The third kappa shape index (κ3) is 3.87. The molecule has 0 unspecified atom stereocenters. The van der Waals surface area contributed by atoms with E-state index in [9.17, 15) is 9.59 Å². The number of carbonyl (C=O) groups excluding carboxylic acids is 2. The molecule has 8 heteroatoms. The SMILES string of the molecule is Cc1nc2c(C)cccn2c1C(=O)NCCCC(=O)Nc1ccc2c(c1)OCO2. The average Bonchev–Trinajstić information content (AvgIpc) is 3.29. The maximum absolute atomic E-state index is 12.6. The number of imidazole rings is 1. The van der Waals surface area contributed by atoms with E-state index in [0.29, 0.717) is 48.0 Å². The first-order chi connectivity index (χ1) is 14.0. The van der Waals surface area contributed by atoms with E-state index in [1.807, 2.05) is 32.2 Å². The van der Waals surface area contributed by atoms with Crippen molar-refractivity contribution >= 4 is 23.1 Å². The quantitative estimate of drug-likeness (QED) is 0.627. The Labute approximate surface area is 167 Å². The van der Waals surface area contributed by atoms with Gasteiger partial charge in [-0.3, -0.25) is 14.0 Å². The number of aryl methyl sites for hydroxylation is 2. The number of hydrogen-bond acceptors (Lipinski definition) is 5. The van der Waals surface area contributed by atoms with Gasteiger partial charge in [-0.05, 0) is 44.0 Å². The molecule has 29 heavy (non-hydrogen) atoms. The minimum absolute atomic E-state index is 0.125. The number of benzene rings is 1. The van der Waals surface area contributed by atoms with E-state index in [0.717, 1.165) is 11.2 Å². The van der Waals surface area contributed by atoms with Crippen LogP contribution in [0.4, 0.5) is 5.69 Å². The Morgan fingerprint density at radius 1 is 1.17 bits per heavy atom. The summed E-state index contributed by atoms with van der Waals surface area (Å²) in [5.74, 6) is 0.966. The number of rotatable bonds is 6. The zero-order valence-corrected chi connectivity index (χ0v) is 16.3. The Bertz CT molecular complexity index is 1090. The summed E-state index contributed by atoms with van der Waals surface area (Å²) in [7, 11) is 0. The van der Waals surface area contributed by atoms with Crippen molar-refractivity contribution in [2.45, 2.75) is 26.7 Å². The van der Waals surface area contributed by atoms with Crippen molar-refractivity contribution in [2.24, 2.45) is 0 Å². The number of fused-ring (bicyclic) bond motifs is 2. The molecule has 0 saturated heterocycles. The number of anilines is 1. The van der Waals surface area contributed by atoms with Crippen LogP contribution in [0.15, 0.2) is 36.5 Å². The molecule has 0 radical (unpaired) electrons. The number of nitrogens with zero attached hydrogens (tertiary/aromatic N) is 2. The minimum atomic E-state index is -0.197. The maximum atomic E-state index is 12.6. The van der Waals surface area contributed by atoms with E-state index in [1.165, 1.54) is 0 Å². The van der Waals surface area contributed by atoms with Crippen LogP contribution in [-0.4, -0.2) is 34.5 Å². The lowest BCUT2D eigenvalue weighted by molar-refractivity contribution is -0.116. The van der Waals surface area contributed by atoms with Crippen molar-refractivity contribution in [3.63, 3.8) is 0 Å². The van der Waals surface area contributed by atoms with Crippen LogP contribution in [0.3, 0.4) is 0 Å². The summed E-state index contributed by atoms with van der Waals surface area (Å²) in [5, 5.41) is 5.70. The maximum Gasteiger partial charge on any atom is 0.270 e. The summed E-state index contributed by atoms with van der Waals surface area (Å²) in [6, 6.07) is 9.11. The van der Waals surface area contributed by atoms with Crippen LogP contribution in [0.1, 0.15) is 34.6 Å². The highest BCUT2D eigenvalue weighted by Gasteiger charge is 2.17. The largest absolute Gasteiger partial charge is 0.454 e. The molecule has 4 rings (SSSR count). The lowest BCUT2D eigenvalue weighted by Crippen LogP contribution is -2.27. The monoisotopic (exact) mass is 394 g/mol. The third-order valence-corrected chi connectivity index (χ3v) is 4.76. The summed E-state index contributed by atoms with van der Waals surface area (Å²) in [5.41, 5.74) is 3.64. The Morgan fingerprint density at radius 2 is 2.00 bits per heavy atom. The molecule has 2 amide bonds. The molecule has 3 heterocycles. The van der Waals surface area contributed by atoms with Gasteiger partial charge >= 0.3 is 0 Å². The van der Waals surface area contributed by atoms with E-state index in [2.05, 4.69) is 15.6 Å². The average molecular weight is 394 g/mol. The summed E-state index contributed by atoms with van der Waals surface area (Å²) in [4.78, 5) is 29.2. The van der Waals surface area contributed by atoms with Crippen LogP contribution >= 0.6 is 0 Å². The topological polar surface area (TPSA) is 94.0 Å². The number of carbonyl (C=O) groups is 2. The van der Waals surface area contributed by atoms with Gasteiger partial charge in [0.25, 0.3) is 5.91 Å². The smallest absolute Gasteiger partial charge is 0.270 e. The van der Waals surface area contributed by atoms with Crippen LogP contribution in [0.5, 0.6) is 11.5 Å². The highest BCUT2D eigenvalue weighted by atomic mass is 16.7. The van der Waals surface area contributed by atoms with Crippen molar-refractivity contribution in [1.82, 2.24) is 14.7 Å². The van der Waals surface area contributed by atoms with Gasteiger partial charge in [0.1, 0.15) is 11.3 Å². The molecule has 150 valence electrons. The molecule has 2 N–H and O–H groups in total. The van der Waals surface area contributed by atoms with E-state index < -0.39 is 0 Å². The molecule has 0 atom stereocenters. The number of pyridine rings is 1. The van der Waals surface area contributed by atoms with Gasteiger partial charge in [-0.2, -0.15) is 0 Å². The first-order valence-electron chi connectivity index (χ1n) is 9.45. The number of amides is 2. The molecule has 1 aliphatic heterocycles. The molecule has 1 aromatic carbocycles. The van der Waals surface area contributed by atoms with E-state index >= 15 is 0 Å².